The van der Waals surface area contributed by atoms with Gasteiger partial charge in [-0.15, -0.1) is 0 Å². The summed E-state index contributed by atoms with van der Waals surface area (Å²) < 4.78 is 36.8. The molecule has 0 bridgehead atoms. The molecule has 0 saturated carbocycles. The Morgan fingerprint density at radius 3 is 2.71 bits per heavy atom. The highest BCUT2D eigenvalue weighted by molar-refractivity contribution is 7.92. The zero-order valence-corrected chi connectivity index (χ0v) is 10.5. The van der Waals surface area contributed by atoms with E-state index in [0.29, 0.717) is 12.2 Å². The quantitative estimate of drug-likeness (QED) is 0.818. The predicted octanol–water partition coefficient (Wildman–Crippen LogP) is 1.06. The molecule has 0 amide bonds. The van der Waals surface area contributed by atoms with Gasteiger partial charge in [-0.05, 0) is 26.0 Å². The molecular weight excluding hydrogens is 243 g/mol. The Morgan fingerprint density at radius 2 is 2.12 bits per heavy atom. The fourth-order valence-corrected chi connectivity index (χ4v) is 3.72. The van der Waals surface area contributed by atoms with E-state index >= 15 is 0 Å². The van der Waals surface area contributed by atoms with Crippen LogP contribution in [0.1, 0.15) is 25.6 Å². The molecule has 2 heterocycles. The normalized spacial score (nSPS) is 32.3. The molecule has 2 rings (SSSR count). The number of pyridine rings is 1. The molecule has 6 heteroatoms. The Bertz CT molecular complexity index is 501. The molecule has 1 aromatic rings. The van der Waals surface area contributed by atoms with Gasteiger partial charge in [-0.3, -0.25) is 4.98 Å². The predicted molar refractivity (Wildman–Crippen MR) is 62.8 cm³/mol. The molecular formula is C11H15FN2O2S. The zero-order valence-electron chi connectivity index (χ0n) is 9.72. The topological polar surface area (TPSA) is 59.1 Å². The fourth-order valence-electron chi connectivity index (χ4n) is 2.05. The lowest BCUT2D eigenvalue weighted by Crippen LogP contribution is -2.49. The summed E-state index contributed by atoms with van der Waals surface area (Å²) in [5, 5.41) is 2.20. The van der Waals surface area contributed by atoms with Gasteiger partial charge in [0.05, 0.1) is 28.4 Å². The van der Waals surface area contributed by atoms with Crippen LogP contribution in [0.25, 0.3) is 0 Å². The molecule has 0 aliphatic carbocycles. The van der Waals surface area contributed by atoms with Gasteiger partial charge in [-0.25, -0.2) is 12.8 Å². The maximum absolute atomic E-state index is 12.8. The molecule has 1 fully saturated rings. The molecule has 17 heavy (non-hydrogen) atoms. The molecule has 4 nitrogen and oxygen atoms in total. The van der Waals surface area contributed by atoms with E-state index in [0.717, 1.165) is 6.20 Å². The summed E-state index contributed by atoms with van der Waals surface area (Å²) in [6.45, 7) is 3.75. The van der Waals surface area contributed by atoms with E-state index in [1.54, 1.807) is 13.8 Å². The Kier molecular flexibility index (Phi) is 3.18. The lowest BCUT2D eigenvalue weighted by atomic mass is 10.1. The molecule has 1 aliphatic rings. The summed E-state index contributed by atoms with van der Waals surface area (Å²) in [4.78, 5) is 3.94. The van der Waals surface area contributed by atoms with E-state index in [2.05, 4.69) is 10.3 Å². The minimum atomic E-state index is -3.14. The van der Waals surface area contributed by atoms with Gasteiger partial charge in [0.2, 0.25) is 0 Å². The van der Waals surface area contributed by atoms with Crippen molar-refractivity contribution >= 4 is 9.84 Å². The van der Waals surface area contributed by atoms with E-state index in [9.17, 15) is 12.8 Å². The molecule has 3 unspecified atom stereocenters. The number of aromatic nitrogens is 1. The van der Waals surface area contributed by atoms with Gasteiger partial charge in [0, 0.05) is 6.54 Å². The van der Waals surface area contributed by atoms with Gasteiger partial charge in [0.1, 0.15) is 5.82 Å². The summed E-state index contributed by atoms with van der Waals surface area (Å²) in [5.41, 5.74) is 0.564. The molecule has 0 spiro atoms. The highest BCUT2D eigenvalue weighted by Crippen LogP contribution is 2.27. The first-order chi connectivity index (χ1) is 7.93. The Labute approximate surface area is 100 Å². The monoisotopic (exact) mass is 258 g/mol. The van der Waals surface area contributed by atoms with Crippen molar-refractivity contribution in [2.75, 3.05) is 6.54 Å². The van der Waals surface area contributed by atoms with E-state index in [-0.39, 0.29) is 6.04 Å². The van der Waals surface area contributed by atoms with Gasteiger partial charge < -0.3 is 5.32 Å². The second kappa shape index (κ2) is 4.34. The molecule has 1 saturated heterocycles. The van der Waals surface area contributed by atoms with Crippen LogP contribution in [0.3, 0.4) is 0 Å². The average Bonchev–Trinajstić information content (AvgIpc) is 2.29. The lowest BCUT2D eigenvalue weighted by molar-refractivity contribution is 0.450. The molecule has 0 aromatic carbocycles. The van der Waals surface area contributed by atoms with Crippen molar-refractivity contribution in [2.24, 2.45) is 0 Å². The van der Waals surface area contributed by atoms with Crippen LogP contribution >= 0.6 is 0 Å². The van der Waals surface area contributed by atoms with Crippen LogP contribution < -0.4 is 5.32 Å². The molecule has 1 N–H and O–H groups in total. The number of hydrogen-bond donors (Lipinski definition) is 1. The average molecular weight is 258 g/mol. The van der Waals surface area contributed by atoms with E-state index in [4.69, 9.17) is 0 Å². The number of halogens is 1. The third-order valence-corrected chi connectivity index (χ3v) is 5.84. The highest BCUT2D eigenvalue weighted by atomic mass is 32.2. The van der Waals surface area contributed by atoms with E-state index < -0.39 is 26.2 Å². The summed E-state index contributed by atoms with van der Waals surface area (Å²) in [7, 11) is -3.14. The summed E-state index contributed by atoms with van der Waals surface area (Å²) in [5.74, 6) is -0.423. The molecule has 1 aliphatic heterocycles. The first-order valence-corrected chi connectivity index (χ1v) is 7.11. The first-order valence-electron chi connectivity index (χ1n) is 5.50. The molecule has 94 valence electrons. The van der Waals surface area contributed by atoms with Crippen molar-refractivity contribution in [3.8, 4) is 0 Å². The van der Waals surface area contributed by atoms with Gasteiger partial charge >= 0.3 is 0 Å². The van der Waals surface area contributed by atoms with Crippen molar-refractivity contribution in [2.45, 2.75) is 30.4 Å². The van der Waals surface area contributed by atoms with Crippen LogP contribution in [0, 0.1) is 5.82 Å². The number of sulfone groups is 1. The van der Waals surface area contributed by atoms with Crippen LogP contribution in [0.4, 0.5) is 4.39 Å². The van der Waals surface area contributed by atoms with Crippen molar-refractivity contribution in [3.63, 3.8) is 0 Å². The van der Waals surface area contributed by atoms with Crippen LogP contribution in [-0.4, -0.2) is 30.4 Å². The third kappa shape index (κ3) is 2.19. The summed E-state index contributed by atoms with van der Waals surface area (Å²) in [6.07, 6.45) is 1.11. The van der Waals surface area contributed by atoms with Gasteiger partial charge in [0.25, 0.3) is 0 Å². The molecule has 1 aromatic heterocycles. The maximum Gasteiger partial charge on any atom is 0.158 e. The summed E-state index contributed by atoms with van der Waals surface area (Å²) in [6, 6.07) is 2.45. The van der Waals surface area contributed by atoms with Crippen molar-refractivity contribution in [3.05, 3.63) is 29.8 Å². The standard InChI is InChI=1S/C11H15FN2O2S/c1-7-5-14-11(8(2)17(7,15)16)10-4-3-9(12)6-13-10/h3-4,6-8,11,14H,5H2,1-2H3. The lowest BCUT2D eigenvalue weighted by Gasteiger charge is -2.33. The fraction of sp³-hybridized carbons (Fsp3) is 0.545. The SMILES string of the molecule is CC1CNC(c2ccc(F)cn2)C(C)S1(=O)=O. The van der Waals surface area contributed by atoms with Gasteiger partial charge in [-0.1, -0.05) is 0 Å². The highest BCUT2D eigenvalue weighted by Gasteiger charge is 2.39. The van der Waals surface area contributed by atoms with Gasteiger partial charge in [0.15, 0.2) is 9.84 Å². The summed E-state index contributed by atoms with van der Waals surface area (Å²) >= 11 is 0. The van der Waals surface area contributed by atoms with E-state index in [1.807, 2.05) is 0 Å². The van der Waals surface area contributed by atoms with Crippen LogP contribution in [0.15, 0.2) is 18.3 Å². The first kappa shape index (κ1) is 12.4. The van der Waals surface area contributed by atoms with Crippen molar-refractivity contribution in [1.82, 2.24) is 10.3 Å². The third-order valence-electron chi connectivity index (χ3n) is 3.24. The van der Waals surface area contributed by atoms with Crippen LogP contribution in [0.2, 0.25) is 0 Å². The Balaban J connectivity index is 2.32. The Morgan fingerprint density at radius 1 is 1.41 bits per heavy atom. The van der Waals surface area contributed by atoms with Crippen LogP contribution in [-0.2, 0) is 9.84 Å². The minimum absolute atomic E-state index is 0.364. The minimum Gasteiger partial charge on any atom is -0.306 e. The largest absolute Gasteiger partial charge is 0.306 e. The van der Waals surface area contributed by atoms with Crippen molar-refractivity contribution in [1.29, 1.82) is 0 Å². The smallest absolute Gasteiger partial charge is 0.158 e. The molecule has 3 atom stereocenters. The van der Waals surface area contributed by atoms with Crippen molar-refractivity contribution < 1.29 is 12.8 Å². The number of rotatable bonds is 1. The zero-order chi connectivity index (χ0) is 12.6. The molecule has 0 radical (unpaired) electrons. The van der Waals surface area contributed by atoms with Gasteiger partial charge in [-0.2, -0.15) is 0 Å². The number of nitrogens with zero attached hydrogens (tertiary/aromatic N) is 1. The number of nitrogens with one attached hydrogen (secondary N) is 1. The van der Waals surface area contributed by atoms with Crippen LogP contribution in [0.5, 0.6) is 0 Å². The Hall–Kier alpha value is -1.01. The second-order valence-corrected chi connectivity index (χ2v) is 7.12. The van der Waals surface area contributed by atoms with E-state index in [1.165, 1.54) is 12.1 Å². The second-order valence-electron chi connectivity index (χ2n) is 4.39. The number of hydrogen-bond acceptors (Lipinski definition) is 4. The maximum atomic E-state index is 12.8.